The Kier molecular flexibility index (Phi) is 1.64. The topological polar surface area (TPSA) is 26.0 Å². The standard InChI is InChI=1S/C11H7NOS/c1-2-11-10(6-12-13-11)5-8(1)9-3-4-14-7-9/h1-7H. The molecule has 1 aromatic carbocycles. The Morgan fingerprint density at radius 3 is 3.00 bits per heavy atom. The van der Waals surface area contributed by atoms with Gasteiger partial charge in [0, 0.05) is 5.39 Å². The summed E-state index contributed by atoms with van der Waals surface area (Å²) in [5, 5.41) is 9.01. The van der Waals surface area contributed by atoms with Gasteiger partial charge in [0.2, 0.25) is 0 Å². The van der Waals surface area contributed by atoms with Gasteiger partial charge in [0.15, 0.2) is 5.58 Å². The molecule has 0 saturated carbocycles. The van der Waals surface area contributed by atoms with Gasteiger partial charge in [-0.15, -0.1) is 0 Å². The monoisotopic (exact) mass is 201 g/mol. The molecule has 0 atom stereocenters. The molecule has 3 aromatic rings. The molecule has 3 heteroatoms. The van der Waals surface area contributed by atoms with Crippen molar-refractivity contribution in [3.8, 4) is 11.1 Å². The maximum atomic E-state index is 5.04. The van der Waals surface area contributed by atoms with Crippen LogP contribution >= 0.6 is 11.3 Å². The first-order valence-electron chi connectivity index (χ1n) is 4.30. The highest BCUT2D eigenvalue weighted by Gasteiger charge is 2.01. The van der Waals surface area contributed by atoms with Crippen LogP contribution in [0.5, 0.6) is 0 Å². The number of benzene rings is 1. The van der Waals surface area contributed by atoms with E-state index in [2.05, 4.69) is 34.1 Å². The van der Waals surface area contributed by atoms with Gasteiger partial charge in [0.1, 0.15) is 0 Å². The molecule has 0 saturated heterocycles. The summed E-state index contributed by atoms with van der Waals surface area (Å²) in [6, 6.07) is 8.21. The lowest BCUT2D eigenvalue weighted by atomic mass is 10.1. The Balaban J connectivity index is 2.23. The average molecular weight is 201 g/mol. The van der Waals surface area contributed by atoms with Crippen molar-refractivity contribution < 1.29 is 4.52 Å². The molecule has 14 heavy (non-hydrogen) atoms. The third kappa shape index (κ3) is 1.14. The van der Waals surface area contributed by atoms with Crippen molar-refractivity contribution in [1.82, 2.24) is 5.16 Å². The molecule has 0 N–H and O–H groups in total. The minimum atomic E-state index is 0.837. The number of rotatable bonds is 1. The summed E-state index contributed by atoms with van der Waals surface area (Å²) >= 11 is 1.70. The maximum absolute atomic E-state index is 5.04. The lowest BCUT2D eigenvalue weighted by molar-refractivity contribution is 0.456. The van der Waals surface area contributed by atoms with Crippen LogP contribution in [0.4, 0.5) is 0 Å². The Labute approximate surface area is 84.8 Å². The Morgan fingerprint density at radius 1 is 1.14 bits per heavy atom. The molecule has 0 fully saturated rings. The van der Waals surface area contributed by atoms with E-state index in [1.165, 1.54) is 11.1 Å². The average Bonchev–Trinajstić information content (AvgIpc) is 2.88. The van der Waals surface area contributed by atoms with Gasteiger partial charge in [-0.05, 0) is 40.1 Å². The minimum Gasteiger partial charge on any atom is -0.356 e. The first-order chi connectivity index (χ1) is 6.93. The van der Waals surface area contributed by atoms with Gasteiger partial charge in [-0.25, -0.2) is 0 Å². The van der Waals surface area contributed by atoms with Crippen LogP contribution in [0.25, 0.3) is 22.1 Å². The van der Waals surface area contributed by atoms with E-state index in [-0.39, 0.29) is 0 Å². The zero-order valence-electron chi connectivity index (χ0n) is 7.31. The van der Waals surface area contributed by atoms with Crippen molar-refractivity contribution >= 4 is 22.3 Å². The highest BCUT2D eigenvalue weighted by molar-refractivity contribution is 7.08. The van der Waals surface area contributed by atoms with Gasteiger partial charge in [-0.1, -0.05) is 11.2 Å². The summed E-state index contributed by atoms with van der Waals surface area (Å²) in [7, 11) is 0. The van der Waals surface area contributed by atoms with Crippen LogP contribution in [0.15, 0.2) is 45.7 Å². The lowest BCUT2D eigenvalue weighted by Crippen LogP contribution is -1.71. The summed E-state index contributed by atoms with van der Waals surface area (Å²) < 4.78 is 5.04. The van der Waals surface area contributed by atoms with Crippen molar-refractivity contribution in [2.45, 2.75) is 0 Å². The lowest BCUT2D eigenvalue weighted by Gasteiger charge is -1.95. The molecule has 2 heterocycles. The minimum absolute atomic E-state index is 0.837. The number of aromatic nitrogens is 1. The highest BCUT2D eigenvalue weighted by atomic mass is 32.1. The van der Waals surface area contributed by atoms with Gasteiger partial charge >= 0.3 is 0 Å². The fourth-order valence-electron chi connectivity index (χ4n) is 1.48. The number of nitrogens with zero attached hydrogens (tertiary/aromatic N) is 1. The van der Waals surface area contributed by atoms with Crippen LogP contribution in [0.2, 0.25) is 0 Å². The van der Waals surface area contributed by atoms with Gasteiger partial charge in [-0.2, -0.15) is 11.3 Å². The molecule has 68 valence electrons. The zero-order chi connectivity index (χ0) is 9.38. The summed E-state index contributed by atoms with van der Waals surface area (Å²) in [5.41, 5.74) is 3.30. The molecule has 0 radical (unpaired) electrons. The fourth-order valence-corrected chi connectivity index (χ4v) is 2.15. The normalized spacial score (nSPS) is 10.9. The molecule has 0 unspecified atom stereocenters. The van der Waals surface area contributed by atoms with E-state index in [0.29, 0.717) is 0 Å². The smallest absolute Gasteiger partial charge is 0.166 e. The first-order valence-corrected chi connectivity index (χ1v) is 5.25. The van der Waals surface area contributed by atoms with Crippen molar-refractivity contribution in [2.24, 2.45) is 0 Å². The van der Waals surface area contributed by atoms with Crippen LogP contribution in [0, 0.1) is 0 Å². The predicted octanol–water partition coefficient (Wildman–Crippen LogP) is 3.56. The molecule has 3 rings (SSSR count). The first kappa shape index (κ1) is 7.76. The van der Waals surface area contributed by atoms with E-state index in [4.69, 9.17) is 4.52 Å². The highest BCUT2D eigenvalue weighted by Crippen LogP contribution is 2.25. The van der Waals surface area contributed by atoms with Gasteiger partial charge in [0.25, 0.3) is 0 Å². The number of fused-ring (bicyclic) bond motifs is 1. The Bertz CT molecular complexity index is 553. The van der Waals surface area contributed by atoms with Crippen LogP contribution in [-0.4, -0.2) is 5.16 Å². The van der Waals surface area contributed by atoms with E-state index >= 15 is 0 Å². The van der Waals surface area contributed by atoms with Crippen LogP contribution in [0.1, 0.15) is 0 Å². The maximum Gasteiger partial charge on any atom is 0.166 e. The molecular weight excluding hydrogens is 194 g/mol. The van der Waals surface area contributed by atoms with Gasteiger partial charge < -0.3 is 4.52 Å². The van der Waals surface area contributed by atoms with Crippen molar-refractivity contribution in [2.75, 3.05) is 0 Å². The summed E-state index contributed by atoms with van der Waals surface area (Å²) in [4.78, 5) is 0. The Morgan fingerprint density at radius 2 is 2.14 bits per heavy atom. The third-order valence-corrected chi connectivity index (χ3v) is 2.89. The molecular formula is C11H7NOS. The molecule has 2 aromatic heterocycles. The summed E-state index contributed by atoms with van der Waals surface area (Å²) in [6.07, 6.45) is 1.74. The molecule has 0 spiro atoms. The SMILES string of the molecule is c1cc(-c2ccc3oncc3c2)cs1. The largest absolute Gasteiger partial charge is 0.356 e. The van der Waals surface area contributed by atoms with Crippen molar-refractivity contribution in [1.29, 1.82) is 0 Å². The fraction of sp³-hybridized carbons (Fsp3) is 0. The van der Waals surface area contributed by atoms with E-state index < -0.39 is 0 Å². The molecule has 0 amide bonds. The molecule has 0 aliphatic rings. The number of hydrogen-bond acceptors (Lipinski definition) is 3. The number of hydrogen-bond donors (Lipinski definition) is 0. The molecule has 0 aliphatic carbocycles. The number of thiophene rings is 1. The summed E-state index contributed by atoms with van der Waals surface area (Å²) in [6.45, 7) is 0. The molecule has 0 aliphatic heterocycles. The molecule has 0 bridgehead atoms. The van der Waals surface area contributed by atoms with E-state index in [0.717, 1.165) is 11.0 Å². The second-order valence-electron chi connectivity index (χ2n) is 3.09. The Hall–Kier alpha value is -1.61. The van der Waals surface area contributed by atoms with Crippen molar-refractivity contribution in [3.05, 3.63) is 41.2 Å². The quantitative estimate of drug-likeness (QED) is 0.601. The van der Waals surface area contributed by atoms with Crippen LogP contribution in [-0.2, 0) is 0 Å². The van der Waals surface area contributed by atoms with E-state index in [1.807, 2.05) is 6.07 Å². The van der Waals surface area contributed by atoms with E-state index in [1.54, 1.807) is 17.5 Å². The summed E-state index contributed by atoms with van der Waals surface area (Å²) in [5.74, 6) is 0. The van der Waals surface area contributed by atoms with Crippen LogP contribution < -0.4 is 0 Å². The second-order valence-corrected chi connectivity index (χ2v) is 3.87. The van der Waals surface area contributed by atoms with Gasteiger partial charge in [-0.3, -0.25) is 0 Å². The molecule has 2 nitrogen and oxygen atoms in total. The predicted molar refractivity (Wildman–Crippen MR) is 57.3 cm³/mol. The second kappa shape index (κ2) is 2.96. The third-order valence-electron chi connectivity index (χ3n) is 2.21. The van der Waals surface area contributed by atoms with E-state index in [9.17, 15) is 0 Å². The van der Waals surface area contributed by atoms with Crippen LogP contribution in [0.3, 0.4) is 0 Å². The zero-order valence-corrected chi connectivity index (χ0v) is 8.12. The van der Waals surface area contributed by atoms with Crippen molar-refractivity contribution in [3.63, 3.8) is 0 Å². The van der Waals surface area contributed by atoms with Gasteiger partial charge in [0.05, 0.1) is 6.20 Å².